The average Bonchev–Trinajstić information content (AvgIpc) is 3.19. The Labute approximate surface area is 161 Å². The second-order valence-electron chi connectivity index (χ2n) is 6.13. The van der Waals surface area contributed by atoms with Crippen LogP contribution >= 0.6 is 0 Å². The van der Waals surface area contributed by atoms with Gasteiger partial charge in [-0.3, -0.25) is 0 Å². The van der Waals surface area contributed by atoms with E-state index < -0.39 is 5.92 Å². The molecular formula is C20H18N2O6. The summed E-state index contributed by atoms with van der Waals surface area (Å²) in [4.78, 5) is 0. The lowest BCUT2D eigenvalue weighted by Gasteiger charge is -2.27. The molecule has 0 amide bonds. The van der Waals surface area contributed by atoms with Gasteiger partial charge in [0.25, 0.3) is 0 Å². The van der Waals surface area contributed by atoms with E-state index in [0.717, 1.165) is 5.56 Å². The number of hydrogen-bond acceptors (Lipinski definition) is 8. The van der Waals surface area contributed by atoms with Crippen molar-refractivity contribution in [3.63, 3.8) is 0 Å². The van der Waals surface area contributed by atoms with Crippen LogP contribution in [0.15, 0.2) is 35.7 Å². The summed E-state index contributed by atoms with van der Waals surface area (Å²) in [6, 6.07) is 9.24. The normalized spacial score (nSPS) is 16.7. The zero-order valence-corrected chi connectivity index (χ0v) is 15.6. The van der Waals surface area contributed by atoms with Crippen LogP contribution in [0.25, 0.3) is 0 Å². The van der Waals surface area contributed by atoms with Gasteiger partial charge in [0.2, 0.25) is 18.4 Å². The van der Waals surface area contributed by atoms with Crippen molar-refractivity contribution in [2.45, 2.75) is 5.92 Å². The molecule has 8 nitrogen and oxygen atoms in total. The van der Waals surface area contributed by atoms with Gasteiger partial charge >= 0.3 is 0 Å². The quantitative estimate of drug-likeness (QED) is 0.860. The summed E-state index contributed by atoms with van der Waals surface area (Å²) in [6.07, 6.45) is 0. The lowest BCUT2D eigenvalue weighted by molar-refractivity contribution is 0.171. The molecule has 1 atom stereocenters. The van der Waals surface area contributed by atoms with Crippen LogP contribution in [0.4, 0.5) is 0 Å². The first-order chi connectivity index (χ1) is 13.6. The molecule has 0 saturated heterocycles. The first kappa shape index (κ1) is 17.7. The van der Waals surface area contributed by atoms with Gasteiger partial charge in [0.1, 0.15) is 17.4 Å². The van der Waals surface area contributed by atoms with E-state index in [1.807, 2.05) is 6.07 Å². The Morgan fingerprint density at radius 2 is 1.68 bits per heavy atom. The minimum absolute atomic E-state index is 0.0313. The van der Waals surface area contributed by atoms with Gasteiger partial charge in [-0.1, -0.05) is 0 Å². The molecule has 2 aliphatic heterocycles. The molecule has 0 radical (unpaired) electrons. The number of nitriles is 1. The number of nitrogens with two attached hydrogens (primary N) is 1. The molecule has 8 heteroatoms. The molecule has 4 rings (SSSR count). The summed E-state index contributed by atoms with van der Waals surface area (Å²) >= 11 is 0. The van der Waals surface area contributed by atoms with Crippen LogP contribution in [-0.2, 0) is 0 Å². The molecule has 2 aliphatic rings. The molecule has 144 valence electrons. The Morgan fingerprint density at radius 3 is 2.36 bits per heavy atom. The van der Waals surface area contributed by atoms with Crippen LogP contribution in [-0.4, -0.2) is 28.1 Å². The molecule has 0 aliphatic carbocycles. The summed E-state index contributed by atoms with van der Waals surface area (Å²) in [7, 11) is 4.62. The molecule has 2 aromatic rings. The van der Waals surface area contributed by atoms with Gasteiger partial charge < -0.3 is 34.2 Å². The van der Waals surface area contributed by atoms with E-state index in [0.29, 0.717) is 40.1 Å². The third kappa shape index (κ3) is 2.60. The molecule has 2 heterocycles. The lowest BCUT2D eigenvalue weighted by atomic mass is 9.83. The fraction of sp³-hybridized carbons (Fsp3) is 0.250. The first-order valence-corrected chi connectivity index (χ1v) is 8.42. The van der Waals surface area contributed by atoms with E-state index in [2.05, 4.69) is 6.07 Å². The van der Waals surface area contributed by atoms with Crippen molar-refractivity contribution in [2.75, 3.05) is 28.1 Å². The fourth-order valence-corrected chi connectivity index (χ4v) is 3.44. The second-order valence-corrected chi connectivity index (χ2v) is 6.13. The highest BCUT2D eigenvalue weighted by molar-refractivity contribution is 5.64. The largest absolute Gasteiger partial charge is 0.493 e. The number of methoxy groups -OCH3 is 3. The molecule has 0 saturated carbocycles. The number of allylic oxidation sites excluding steroid dienone is 1. The monoisotopic (exact) mass is 382 g/mol. The van der Waals surface area contributed by atoms with Crippen molar-refractivity contribution in [3.8, 4) is 40.6 Å². The second kappa shape index (κ2) is 6.78. The highest BCUT2D eigenvalue weighted by Gasteiger charge is 2.34. The number of ether oxygens (including phenoxy) is 6. The van der Waals surface area contributed by atoms with Gasteiger partial charge in [0, 0.05) is 11.6 Å². The van der Waals surface area contributed by atoms with Gasteiger partial charge in [0.05, 0.1) is 27.2 Å². The summed E-state index contributed by atoms with van der Waals surface area (Å²) in [5.41, 5.74) is 7.79. The Bertz CT molecular complexity index is 1020. The molecule has 28 heavy (non-hydrogen) atoms. The van der Waals surface area contributed by atoms with Gasteiger partial charge in [-0.2, -0.15) is 5.26 Å². The number of fused-ring (bicyclic) bond motifs is 2. The minimum atomic E-state index is -0.503. The minimum Gasteiger partial charge on any atom is -0.493 e. The zero-order valence-electron chi connectivity index (χ0n) is 15.6. The third-order valence-corrected chi connectivity index (χ3v) is 4.74. The van der Waals surface area contributed by atoms with Crippen molar-refractivity contribution in [1.82, 2.24) is 0 Å². The van der Waals surface area contributed by atoms with Crippen LogP contribution in [0.2, 0.25) is 0 Å². The maximum atomic E-state index is 9.75. The molecule has 2 N–H and O–H groups in total. The van der Waals surface area contributed by atoms with E-state index in [1.54, 1.807) is 32.4 Å². The molecule has 1 unspecified atom stereocenters. The van der Waals surface area contributed by atoms with E-state index in [-0.39, 0.29) is 18.2 Å². The van der Waals surface area contributed by atoms with Crippen LogP contribution in [0.1, 0.15) is 17.0 Å². The van der Waals surface area contributed by atoms with Gasteiger partial charge in [-0.05, 0) is 23.8 Å². The van der Waals surface area contributed by atoms with Gasteiger partial charge in [-0.15, -0.1) is 0 Å². The number of rotatable bonds is 4. The Morgan fingerprint density at radius 1 is 0.964 bits per heavy atom. The number of hydrogen-bond donors (Lipinski definition) is 1. The summed E-state index contributed by atoms with van der Waals surface area (Å²) in [5, 5.41) is 9.75. The van der Waals surface area contributed by atoms with Crippen molar-refractivity contribution >= 4 is 0 Å². The van der Waals surface area contributed by atoms with Crippen molar-refractivity contribution in [1.29, 1.82) is 5.26 Å². The standard InChI is InChI=1S/C20H18N2O6/c1-23-14-6-11-13(7-15(14)24-2)28-20(22)12(8-21)18(11)10-4-16(25-3)19-17(5-10)26-9-27-19/h4-7,18H,9,22H2,1-3H3. The van der Waals surface area contributed by atoms with Crippen molar-refractivity contribution < 1.29 is 28.4 Å². The lowest BCUT2D eigenvalue weighted by Crippen LogP contribution is -2.21. The highest BCUT2D eigenvalue weighted by atomic mass is 16.7. The van der Waals surface area contributed by atoms with Gasteiger partial charge in [0.15, 0.2) is 23.0 Å². The van der Waals surface area contributed by atoms with E-state index in [9.17, 15) is 5.26 Å². The summed E-state index contributed by atoms with van der Waals surface area (Å²) < 4.78 is 32.9. The van der Waals surface area contributed by atoms with Crippen LogP contribution < -0.4 is 34.2 Å². The summed E-state index contributed by atoms with van der Waals surface area (Å²) in [6.45, 7) is 0.105. The number of benzene rings is 2. The fourth-order valence-electron chi connectivity index (χ4n) is 3.44. The SMILES string of the molecule is COc1cc2c(cc1OC)C(c1cc(OC)c3c(c1)OCO3)C(C#N)=C(N)O2. The number of nitrogens with zero attached hydrogens (tertiary/aromatic N) is 1. The third-order valence-electron chi connectivity index (χ3n) is 4.74. The molecular weight excluding hydrogens is 364 g/mol. The molecule has 0 bridgehead atoms. The van der Waals surface area contributed by atoms with Crippen LogP contribution in [0, 0.1) is 11.3 Å². The van der Waals surface area contributed by atoms with Crippen LogP contribution in [0.5, 0.6) is 34.5 Å². The molecule has 0 fully saturated rings. The van der Waals surface area contributed by atoms with E-state index in [4.69, 9.17) is 34.2 Å². The van der Waals surface area contributed by atoms with Crippen LogP contribution in [0.3, 0.4) is 0 Å². The molecule has 0 aromatic heterocycles. The maximum Gasteiger partial charge on any atom is 0.231 e. The van der Waals surface area contributed by atoms with Crippen molar-refractivity contribution in [3.05, 3.63) is 46.8 Å². The predicted octanol–water partition coefficient (Wildman–Crippen LogP) is 2.66. The first-order valence-electron chi connectivity index (χ1n) is 8.42. The topological polar surface area (TPSA) is 105 Å². The summed E-state index contributed by atoms with van der Waals surface area (Å²) in [5.74, 6) is 2.60. The Hall–Kier alpha value is -3.73. The maximum absolute atomic E-state index is 9.75. The Kier molecular flexibility index (Phi) is 4.28. The zero-order chi connectivity index (χ0) is 19.8. The van der Waals surface area contributed by atoms with Crippen molar-refractivity contribution in [2.24, 2.45) is 5.73 Å². The average molecular weight is 382 g/mol. The van der Waals surface area contributed by atoms with E-state index >= 15 is 0 Å². The van der Waals surface area contributed by atoms with E-state index in [1.165, 1.54) is 7.11 Å². The molecule has 2 aromatic carbocycles. The van der Waals surface area contributed by atoms with Gasteiger partial charge in [-0.25, -0.2) is 0 Å². The smallest absolute Gasteiger partial charge is 0.231 e. The molecule has 0 spiro atoms. The Balaban J connectivity index is 1.95. The highest BCUT2D eigenvalue weighted by Crippen LogP contribution is 2.50. The predicted molar refractivity (Wildman–Crippen MR) is 98.0 cm³/mol.